The Morgan fingerprint density at radius 2 is 2.04 bits per heavy atom. The smallest absolute Gasteiger partial charge is 0.277 e. The van der Waals surface area contributed by atoms with Gasteiger partial charge in [0.25, 0.3) is 11.1 Å². The summed E-state index contributed by atoms with van der Waals surface area (Å²) in [6, 6.07) is 7.98. The zero-order valence-corrected chi connectivity index (χ0v) is 15.2. The molecule has 0 spiro atoms. The number of aryl methyl sites for hydroxylation is 1. The minimum atomic E-state index is -0.387. The highest BCUT2D eigenvalue weighted by Crippen LogP contribution is 2.28. The number of furan rings is 1. The Balaban J connectivity index is 1.49. The first-order valence-electron chi connectivity index (χ1n) is 8.09. The molecule has 0 aliphatic rings. The number of carbonyl (C=O) groups excluding carboxylic acids is 1. The summed E-state index contributed by atoms with van der Waals surface area (Å²) in [4.78, 5) is 12.2. The van der Waals surface area contributed by atoms with Gasteiger partial charge in [-0.3, -0.25) is 4.79 Å². The van der Waals surface area contributed by atoms with Gasteiger partial charge in [0.1, 0.15) is 11.6 Å². The first-order chi connectivity index (χ1) is 12.5. The lowest BCUT2D eigenvalue weighted by Gasteiger charge is -2.09. The molecule has 6 nitrogen and oxygen atoms in total. The second-order valence-corrected chi connectivity index (χ2v) is 6.98. The van der Waals surface area contributed by atoms with Gasteiger partial charge in [0.05, 0.1) is 17.1 Å². The number of hydrogen-bond acceptors (Lipinski definition) is 6. The van der Waals surface area contributed by atoms with E-state index >= 15 is 0 Å². The molecule has 0 saturated heterocycles. The van der Waals surface area contributed by atoms with Crippen molar-refractivity contribution >= 4 is 17.7 Å². The third kappa shape index (κ3) is 4.51. The van der Waals surface area contributed by atoms with Crippen LogP contribution in [0, 0.1) is 12.7 Å². The fourth-order valence-corrected chi connectivity index (χ4v) is 3.01. The first kappa shape index (κ1) is 18.2. The average Bonchev–Trinajstić information content (AvgIpc) is 3.25. The van der Waals surface area contributed by atoms with Crippen LogP contribution in [0.1, 0.15) is 18.2 Å². The maximum atomic E-state index is 12.9. The van der Waals surface area contributed by atoms with Crippen molar-refractivity contribution in [2.45, 2.75) is 30.7 Å². The van der Waals surface area contributed by atoms with Crippen LogP contribution in [0.3, 0.4) is 0 Å². The van der Waals surface area contributed by atoms with Crippen molar-refractivity contribution in [1.29, 1.82) is 0 Å². The zero-order chi connectivity index (χ0) is 18.5. The summed E-state index contributed by atoms with van der Waals surface area (Å²) in [6.07, 6.45) is 2.19. The van der Waals surface area contributed by atoms with Crippen LogP contribution in [0.25, 0.3) is 11.5 Å². The highest BCUT2D eigenvalue weighted by atomic mass is 32.2. The fraction of sp³-hybridized carbons (Fsp3) is 0.278. The fourth-order valence-electron chi connectivity index (χ4n) is 2.30. The normalized spacial score (nSPS) is 12.1. The topological polar surface area (TPSA) is 81.2 Å². The standard InChI is InChI=1S/C18H18FN3O3S/c1-11-15(8-10-24-11)17-21-22-18(25-17)26-12(2)16(23)20-9-7-13-3-5-14(19)6-4-13/h3-6,8,10,12H,7,9H2,1-2H3,(H,20,23)/t12-/m1/s1. The Hall–Kier alpha value is -2.61. The van der Waals surface area contributed by atoms with Gasteiger partial charge in [-0.15, -0.1) is 10.2 Å². The molecule has 26 heavy (non-hydrogen) atoms. The molecule has 3 aromatic rings. The van der Waals surface area contributed by atoms with Crippen molar-refractivity contribution in [2.24, 2.45) is 0 Å². The van der Waals surface area contributed by atoms with Crippen molar-refractivity contribution in [3.8, 4) is 11.5 Å². The van der Waals surface area contributed by atoms with Gasteiger partial charge in [0, 0.05) is 6.54 Å². The molecular weight excluding hydrogens is 357 g/mol. The predicted molar refractivity (Wildman–Crippen MR) is 95.2 cm³/mol. The van der Waals surface area contributed by atoms with E-state index in [1.165, 1.54) is 23.9 Å². The van der Waals surface area contributed by atoms with E-state index in [1.54, 1.807) is 31.4 Å². The molecule has 0 aliphatic carbocycles. The highest BCUT2D eigenvalue weighted by molar-refractivity contribution is 8.00. The molecule has 3 rings (SSSR count). The number of nitrogens with one attached hydrogen (secondary N) is 1. The Labute approximate surface area is 154 Å². The Morgan fingerprint density at radius 1 is 1.27 bits per heavy atom. The minimum absolute atomic E-state index is 0.128. The summed E-state index contributed by atoms with van der Waals surface area (Å²) in [5, 5.41) is 10.7. The molecule has 0 aliphatic heterocycles. The number of amides is 1. The molecule has 136 valence electrons. The van der Waals surface area contributed by atoms with Crippen molar-refractivity contribution in [3.05, 3.63) is 53.7 Å². The SMILES string of the molecule is Cc1occc1-c1nnc(S[C@H](C)C(=O)NCCc2ccc(F)cc2)o1. The monoisotopic (exact) mass is 375 g/mol. The molecule has 1 aromatic carbocycles. The van der Waals surface area contributed by atoms with Crippen LogP contribution >= 0.6 is 11.8 Å². The number of thioether (sulfide) groups is 1. The molecular formula is C18H18FN3O3S. The van der Waals surface area contributed by atoms with E-state index in [0.29, 0.717) is 29.8 Å². The van der Waals surface area contributed by atoms with E-state index in [-0.39, 0.29) is 17.0 Å². The second kappa shape index (κ2) is 8.18. The maximum Gasteiger partial charge on any atom is 0.277 e. The van der Waals surface area contributed by atoms with Crippen molar-refractivity contribution in [1.82, 2.24) is 15.5 Å². The van der Waals surface area contributed by atoms with E-state index in [1.807, 2.05) is 6.92 Å². The number of nitrogens with zero attached hydrogens (tertiary/aromatic N) is 2. The Morgan fingerprint density at radius 3 is 2.73 bits per heavy atom. The molecule has 8 heteroatoms. The van der Waals surface area contributed by atoms with E-state index in [0.717, 1.165) is 11.1 Å². The number of halogens is 1. The van der Waals surface area contributed by atoms with E-state index < -0.39 is 0 Å². The predicted octanol–water partition coefficient (Wildman–Crippen LogP) is 3.62. The van der Waals surface area contributed by atoms with E-state index in [4.69, 9.17) is 8.83 Å². The van der Waals surface area contributed by atoms with Crippen LogP contribution in [0.5, 0.6) is 0 Å². The average molecular weight is 375 g/mol. The minimum Gasteiger partial charge on any atom is -0.469 e. The van der Waals surface area contributed by atoms with Gasteiger partial charge in [-0.05, 0) is 44.0 Å². The Bertz CT molecular complexity index is 876. The number of carbonyl (C=O) groups is 1. The lowest BCUT2D eigenvalue weighted by Crippen LogP contribution is -2.32. The maximum absolute atomic E-state index is 12.9. The van der Waals surface area contributed by atoms with Gasteiger partial charge >= 0.3 is 0 Å². The molecule has 2 heterocycles. The third-order valence-electron chi connectivity index (χ3n) is 3.77. The van der Waals surface area contributed by atoms with Gasteiger partial charge in [-0.25, -0.2) is 4.39 Å². The van der Waals surface area contributed by atoms with Crippen LogP contribution < -0.4 is 5.32 Å². The van der Waals surface area contributed by atoms with Gasteiger partial charge in [0.2, 0.25) is 5.91 Å². The van der Waals surface area contributed by atoms with E-state index in [2.05, 4.69) is 15.5 Å². The van der Waals surface area contributed by atoms with Crippen LogP contribution in [-0.4, -0.2) is 27.9 Å². The number of hydrogen-bond donors (Lipinski definition) is 1. The lowest BCUT2D eigenvalue weighted by atomic mass is 10.1. The van der Waals surface area contributed by atoms with Crippen LogP contribution in [0.15, 0.2) is 50.7 Å². The number of benzene rings is 1. The molecule has 1 amide bonds. The molecule has 0 radical (unpaired) electrons. The summed E-state index contributed by atoms with van der Waals surface area (Å²) >= 11 is 1.19. The van der Waals surface area contributed by atoms with Gasteiger partial charge in [0.15, 0.2) is 0 Å². The first-order valence-corrected chi connectivity index (χ1v) is 8.97. The molecule has 0 bridgehead atoms. The molecule has 1 atom stereocenters. The molecule has 2 aromatic heterocycles. The summed E-state index contributed by atoms with van der Waals surface area (Å²) < 4.78 is 23.7. The quantitative estimate of drug-likeness (QED) is 0.635. The summed E-state index contributed by atoms with van der Waals surface area (Å²) in [5.41, 5.74) is 1.70. The van der Waals surface area contributed by atoms with Crippen LogP contribution in [0.2, 0.25) is 0 Å². The lowest BCUT2D eigenvalue weighted by molar-refractivity contribution is -0.120. The second-order valence-electron chi connectivity index (χ2n) is 5.69. The number of rotatable bonds is 7. The van der Waals surface area contributed by atoms with Gasteiger partial charge in [-0.2, -0.15) is 0 Å². The molecule has 0 saturated carbocycles. The van der Waals surface area contributed by atoms with Crippen LogP contribution in [-0.2, 0) is 11.2 Å². The van der Waals surface area contributed by atoms with Crippen LogP contribution in [0.4, 0.5) is 4.39 Å². The van der Waals surface area contributed by atoms with Gasteiger partial charge in [-0.1, -0.05) is 23.9 Å². The molecule has 0 fully saturated rings. The third-order valence-corrected chi connectivity index (χ3v) is 4.70. The van der Waals surface area contributed by atoms with Crippen molar-refractivity contribution < 1.29 is 18.0 Å². The van der Waals surface area contributed by atoms with Crippen molar-refractivity contribution in [3.63, 3.8) is 0 Å². The largest absolute Gasteiger partial charge is 0.469 e. The zero-order valence-electron chi connectivity index (χ0n) is 14.4. The Kier molecular flexibility index (Phi) is 5.72. The molecule has 1 N–H and O–H groups in total. The van der Waals surface area contributed by atoms with Gasteiger partial charge < -0.3 is 14.2 Å². The van der Waals surface area contributed by atoms with E-state index in [9.17, 15) is 9.18 Å². The summed E-state index contributed by atoms with van der Waals surface area (Å²) in [5.74, 6) is 0.656. The summed E-state index contributed by atoms with van der Waals surface area (Å²) in [7, 11) is 0. The van der Waals surface area contributed by atoms with Crippen molar-refractivity contribution in [2.75, 3.05) is 6.54 Å². The molecule has 0 unspecified atom stereocenters. The number of aromatic nitrogens is 2. The highest BCUT2D eigenvalue weighted by Gasteiger charge is 2.19. The summed E-state index contributed by atoms with van der Waals surface area (Å²) in [6.45, 7) is 4.05.